The average Bonchev–Trinajstić information content (AvgIpc) is 2.04. The fourth-order valence-corrected chi connectivity index (χ4v) is 1.86. The molecular weight excluding hydrogens is 202 g/mol. The lowest BCUT2D eigenvalue weighted by Crippen LogP contribution is -1.93. The number of aromatic nitrogens is 1. The Morgan fingerprint density at radius 2 is 2.00 bits per heavy atom. The first kappa shape index (κ1) is 8.72. The largest absolute Gasteiger partial charge is 0.263 e. The summed E-state index contributed by atoms with van der Waals surface area (Å²) in [4.78, 5) is 4.12. The molecule has 60 valence electrons. The summed E-state index contributed by atoms with van der Waals surface area (Å²) in [6.45, 7) is 4.32. The molecule has 0 saturated heterocycles. The molecule has 0 fully saturated rings. The zero-order valence-electron chi connectivity index (χ0n) is 6.89. The molecule has 1 aromatic rings. The van der Waals surface area contributed by atoms with Crippen LogP contribution < -0.4 is 0 Å². The van der Waals surface area contributed by atoms with Crippen LogP contribution in [0, 0.1) is 0 Å². The first-order chi connectivity index (χ1) is 5.29. The van der Waals surface area contributed by atoms with Gasteiger partial charge < -0.3 is 0 Å². The maximum Gasteiger partial charge on any atom is 0.0413 e. The van der Waals surface area contributed by atoms with Crippen molar-refractivity contribution in [2.45, 2.75) is 26.7 Å². The third-order valence-electron chi connectivity index (χ3n) is 1.83. The lowest BCUT2D eigenvalue weighted by Gasteiger charge is -2.05. The Labute approximate surface area is 76.0 Å². The third kappa shape index (κ3) is 1.80. The molecule has 1 rings (SSSR count). The van der Waals surface area contributed by atoms with E-state index in [2.05, 4.69) is 34.8 Å². The first-order valence-corrected chi connectivity index (χ1v) is 4.70. The Kier molecular flexibility index (Phi) is 3.06. The van der Waals surface area contributed by atoms with E-state index in [1.54, 1.807) is 0 Å². The highest BCUT2D eigenvalue weighted by Crippen LogP contribution is 2.19. The number of halogens is 1. The molecule has 1 nitrogen and oxygen atoms in total. The van der Waals surface area contributed by atoms with Crippen molar-refractivity contribution in [2.75, 3.05) is 0 Å². The summed E-state index contributed by atoms with van der Waals surface area (Å²) in [7, 11) is 0. The van der Waals surface area contributed by atoms with Gasteiger partial charge in [0.15, 0.2) is 0 Å². The zero-order valence-corrected chi connectivity index (χ0v) is 8.48. The van der Waals surface area contributed by atoms with Gasteiger partial charge in [-0.3, -0.25) is 4.98 Å². The summed E-state index contributed by atoms with van der Waals surface area (Å²) in [6.07, 6.45) is 5.95. The van der Waals surface area contributed by atoms with Gasteiger partial charge in [-0.2, -0.15) is 0 Å². The Balaban J connectivity index is 3.13. The molecule has 0 bridgehead atoms. The van der Waals surface area contributed by atoms with Crippen molar-refractivity contribution in [3.63, 3.8) is 0 Å². The highest BCUT2D eigenvalue weighted by Gasteiger charge is 2.02. The minimum Gasteiger partial charge on any atom is -0.263 e. The topological polar surface area (TPSA) is 12.9 Å². The minimum atomic E-state index is 1.07. The van der Waals surface area contributed by atoms with Crippen molar-refractivity contribution >= 4 is 15.9 Å². The van der Waals surface area contributed by atoms with Crippen molar-refractivity contribution in [1.82, 2.24) is 4.98 Å². The molecule has 1 aromatic heterocycles. The highest BCUT2D eigenvalue weighted by molar-refractivity contribution is 9.10. The number of nitrogens with zero attached hydrogens (tertiary/aromatic N) is 1. The third-order valence-corrected chi connectivity index (χ3v) is 2.51. The number of rotatable bonds is 2. The number of hydrogen-bond acceptors (Lipinski definition) is 1. The molecule has 11 heavy (non-hydrogen) atoms. The van der Waals surface area contributed by atoms with Crippen LogP contribution in [0.15, 0.2) is 16.9 Å². The van der Waals surface area contributed by atoms with Gasteiger partial charge in [-0.15, -0.1) is 0 Å². The lowest BCUT2D eigenvalue weighted by molar-refractivity contribution is 1.00. The maximum atomic E-state index is 4.12. The standard InChI is InChI=1S/C9H12BrN/c1-3-7-5-11-6-9(10)8(7)4-2/h5-6H,3-4H2,1-2H3. The molecule has 0 radical (unpaired) electrons. The van der Waals surface area contributed by atoms with E-state index in [9.17, 15) is 0 Å². The van der Waals surface area contributed by atoms with Crippen molar-refractivity contribution in [3.8, 4) is 0 Å². The normalized spacial score (nSPS) is 10.1. The molecule has 0 unspecified atom stereocenters. The van der Waals surface area contributed by atoms with Crippen LogP contribution in [0.4, 0.5) is 0 Å². The van der Waals surface area contributed by atoms with Gasteiger partial charge in [0.05, 0.1) is 0 Å². The number of pyridine rings is 1. The van der Waals surface area contributed by atoms with Gasteiger partial charge in [0, 0.05) is 16.9 Å². The SMILES string of the molecule is CCc1cncc(Br)c1CC. The lowest BCUT2D eigenvalue weighted by atomic mass is 10.1. The van der Waals surface area contributed by atoms with Crippen molar-refractivity contribution in [1.29, 1.82) is 0 Å². The molecular formula is C9H12BrN. The second-order valence-electron chi connectivity index (χ2n) is 2.47. The summed E-state index contributed by atoms with van der Waals surface area (Å²) >= 11 is 3.49. The quantitative estimate of drug-likeness (QED) is 0.737. The predicted octanol–water partition coefficient (Wildman–Crippen LogP) is 2.97. The van der Waals surface area contributed by atoms with E-state index in [0.717, 1.165) is 17.3 Å². The van der Waals surface area contributed by atoms with Gasteiger partial charge in [-0.1, -0.05) is 13.8 Å². The smallest absolute Gasteiger partial charge is 0.0413 e. The van der Waals surface area contributed by atoms with E-state index >= 15 is 0 Å². The van der Waals surface area contributed by atoms with Crippen molar-refractivity contribution < 1.29 is 0 Å². The van der Waals surface area contributed by atoms with Crippen LogP contribution in [0.25, 0.3) is 0 Å². The van der Waals surface area contributed by atoms with Crippen LogP contribution >= 0.6 is 15.9 Å². The van der Waals surface area contributed by atoms with Crippen LogP contribution in [0.2, 0.25) is 0 Å². The van der Waals surface area contributed by atoms with Gasteiger partial charge in [-0.05, 0) is 39.9 Å². The predicted molar refractivity (Wildman–Crippen MR) is 50.7 cm³/mol. The second kappa shape index (κ2) is 3.86. The number of aryl methyl sites for hydroxylation is 1. The van der Waals surface area contributed by atoms with Gasteiger partial charge in [0.2, 0.25) is 0 Å². The monoisotopic (exact) mass is 213 g/mol. The van der Waals surface area contributed by atoms with E-state index in [1.165, 1.54) is 11.1 Å². The molecule has 0 atom stereocenters. The number of hydrogen-bond donors (Lipinski definition) is 0. The molecule has 0 aliphatic carbocycles. The van der Waals surface area contributed by atoms with Gasteiger partial charge in [-0.25, -0.2) is 0 Å². The van der Waals surface area contributed by atoms with Crippen LogP contribution in [-0.2, 0) is 12.8 Å². The molecule has 0 amide bonds. The van der Waals surface area contributed by atoms with Crippen LogP contribution in [0.5, 0.6) is 0 Å². The minimum absolute atomic E-state index is 1.07. The summed E-state index contributed by atoms with van der Waals surface area (Å²) in [6, 6.07) is 0. The van der Waals surface area contributed by atoms with Crippen LogP contribution in [0.1, 0.15) is 25.0 Å². The summed E-state index contributed by atoms with van der Waals surface area (Å²) < 4.78 is 1.14. The Bertz CT molecular complexity index is 245. The average molecular weight is 214 g/mol. The molecule has 0 aliphatic rings. The fraction of sp³-hybridized carbons (Fsp3) is 0.444. The summed E-state index contributed by atoms with van der Waals surface area (Å²) in [5, 5.41) is 0. The molecule has 0 aromatic carbocycles. The molecule has 0 aliphatic heterocycles. The zero-order chi connectivity index (χ0) is 8.27. The van der Waals surface area contributed by atoms with Crippen LogP contribution in [0.3, 0.4) is 0 Å². The Hall–Kier alpha value is -0.370. The summed E-state index contributed by atoms with van der Waals surface area (Å²) in [5.74, 6) is 0. The van der Waals surface area contributed by atoms with Gasteiger partial charge in [0.1, 0.15) is 0 Å². The van der Waals surface area contributed by atoms with E-state index < -0.39 is 0 Å². The van der Waals surface area contributed by atoms with E-state index in [0.29, 0.717) is 0 Å². The van der Waals surface area contributed by atoms with Gasteiger partial charge >= 0.3 is 0 Å². The highest BCUT2D eigenvalue weighted by atomic mass is 79.9. The second-order valence-corrected chi connectivity index (χ2v) is 3.32. The maximum absolute atomic E-state index is 4.12. The van der Waals surface area contributed by atoms with Gasteiger partial charge in [0.25, 0.3) is 0 Å². The van der Waals surface area contributed by atoms with Crippen molar-refractivity contribution in [3.05, 3.63) is 28.0 Å². The van der Waals surface area contributed by atoms with Crippen molar-refractivity contribution in [2.24, 2.45) is 0 Å². The fourth-order valence-electron chi connectivity index (χ4n) is 1.20. The molecule has 0 spiro atoms. The first-order valence-electron chi connectivity index (χ1n) is 3.90. The molecule has 0 saturated carbocycles. The Morgan fingerprint density at radius 1 is 1.27 bits per heavy atom. The Morgan fingerprint density at radius 3 is 2.45 bits per heavy atom. The van der Waals surface area contributed by atoms with E-state index in [4.69, 9.17) is 0 Å². The summed E-state index contributed by atoms with van der Waals surface area (Å²) in [5.41, 5.74) is 2.74. The van der Waals surface area contributed by atoms with E-state index in [1.807, 2.05) is 12.4 Å². The molecule has 0 N–H and O–H groups in total. The molecule has 1 heterocycles. The van der Waals surface area contributed by atoms with E-state index in [-0.39, 0.29) is 0 Å². The van der Waals surface area contributed by atoms with Crippen LogP contribution in [-0.4, -0.2) is 4.98 Å². The molecule has 2 heteroatoms.